The van der Waals surface area contributed by atoms with Gasteiger partial charge in [0.15, 0.2) is 0 Å². The van der Waals surface area contributed by atoms with Gasteiger partial charge in [-0.15, -0.1) is 0 Å². The number of nitrogens with zero attached hydrogens (tertiary/aromatic N) is 3. The van der Waals surface area contributed by atoms with Crippen LogP contribution in [0.3, 0.4) is 0 Å². The lowest BCUT2D eigenvalue weighted by molar-refractivity contribution is 0.0540. The van der Waals surface area contributed by atoms with Crippen molar-refractivity contribution >= 4 is 11.9 Å². The van der Waals surface area contributed by atoms with Gasteiger partial charge in [-0.1, -0.05) is 27.7 Å². The summed E-state index contributed by atoms with van der Waals surface area (Å²) in [5, 5.41) is 0. The average Bonchev–Trinajstić information content (AvgIpc) is 2.54. The maximum Gasteiger partial charge on any atom is 0.435 e. The van der Waals surface area contributed by atoms with Crippen LogP contribution in [0.4, 0.5) is 4.79 Å². The number of piperidine rings is 1. The van der Waals surface area contributed by atoms with Crippen LogP contribution in [0.1, 0.15) is 47.0 Å². The number of amidine groups is 1. The molecule has 2 saturated heterocycles. The zero-order valence-electron chi connectivity index (χ0n) is 15.7. The fraction of sp³-hybridized carbons (Fsp3) is 0.889. The van der Waals surface area contributed by atoms with Gasteiger partial charge in [0.2, 0.25) is 0 Å². The Morgan fingerprint density at radius 1 is 1.17 bits per heavy atom. The van der Waals surface area contributed by atoms with Crippen molar-refractivity contribution in [2.45, 2.75) is 53.1 Å². The lowest BCUT2D eigenvalue weighted by atomic mass is 9.93. The maximum absolute atomic E-state index is 12.3. The summed E-state index contributed by atoms with van der Waals surface area (Å²) in [6, 6.07) is 0. The molecule has 24 heavy (non-hydrogen) atoms. The molecule has 2 aliphatic heterocycles. The first-order chi connectivity index (χ1) is 11.4. The van der Waals surface area contributed by atoms with Gasteiger partial charge in [0.05, 0.1) is 13.2 Å². The Morgan fingerprint density at radius 2 is 1.79 bits per heavy atom. The topological polar surface area (TPSA) is 54.4 Å². The van der Waals surface area contributed by atoms with Crippen LogP contribution < -0.4 is 0 Å². The van der Waals surface area contributed by atoms with Crippen LogP contribution in [0.25, 0.3) is 0 Å². The molecule has 0 atom stereocenters. The van der Waals surface area contributed by atoms with E-state index in [0.29, 0.717) is 13.2 Å². The lowest BCUT2D eigenvalue weighted by Gasteiger charge is -2.36. The lowest BCUT2D eigenvalue weighted by Crippen LogP contribution is -2.46. The van der Waals surface area contributed by atoms with Crippen molar-refractivity contribution < 1.29 is 14.3 Å². The van der Waals surface area contributed by atoms with E-state index in [2.05, 4.69) is 42.5 Å². The summed E-state index contributed by atoms with van der Waals surface area (Å²) < 4.78 is 11.0. The number of hydrogen-bond donors (Lipinski definition) is 0. The molecule has 0 aromatic carbocycles. The first-order valence-electron chi connectivity index (χ1n) is 9.25. The fourth-order valence-corrected chi connectivity index (χ4v) is 3.31. The number of carbonyl (C=O) groups excluding carboxylic acids is 1. The molecule has 0 spiro atoms. The summed E-state index contributed by atoms with van der Waals surface area (Å²) in [5.74, 6) is 0.805. The van der Waals surface area contributed by atoms with Crippen molar-refractivity contribution in [2.75, 3.05) is 45.9 Å². The number of aliphatic imine (C=N–C) groups is 1. The van der Waals surface area contributed by atoms with Crippen LogP contribution in [-0.2, 0) is 9.47 Å². The van der Waals surface area contributed by atoms with Crippen molar-refractivity contribution in [1.29, 1.82) is 0 Å². The molecular weight excluding hydrogens is 306 g/mol. The number of morpholine rings is 1. The normalized spacial score (nSPS) is 21.8. The third kappa shape index (κ3) is 5.74. The van der Waals surface area contributed by atoms with E-state index in [-0.39, 0.29) is 11.5 Å². The van der Waals surface area contributed by atoms with Crippen molar-refractivity contribution in [3.05, 3.63) is 0 Å². The second-order valence-electron chi connectivity index (χ2n) is 7.71. The molecule has 0 bridgehead atoms. The minimum atomic E-state index is -0.444. The Labute approximate surface area is 146 Å². The fourth-order valence-electron chi connectivity index (χ4n) is 3.31. The number of carbonyl (C=O) groups is 1. The Hall–Kier alpha value is -1.14. The van der Waals surface area contributed by atoms with E-state index in [1.807, 2.05) is 0 Å². The van der Waals surface area contributed by atoms with Gasteiger partial charge in [0.25, 0.3) is 0 Å². The third-order valence-electron chi connectivity index (χ3n) is 4.52. The SMILES string of the molecule is CCCN1CCC(OC(=O)N=C(N2CCOCC2)C(C)(C)C)CC1. The van der Waals surface area contributed by atoms with Gasteiger partial charge in [-0.25, -0.2) is 4.79 Å². The van der Waals surface area contributed by atoms with E-state index < -0.39 is 6.09 Å². The van der Waals surface area contributed by atoms with Crippen molar-refractivity contribution in [1.82, 2.24) is 9.80 Å². The largest absolute Gasteiger partial charge is 0.444 e. The van der Waals surface area contributed by atoms with Crippen molar-refractivity contribution in [3.63, 3.8) is 0 Å². The highest BCUT2D eigenvalue weighted by molar-refractivity contribution is 5.95. The predicted octanol–water partition coefficient (Wildman–Crippen LogP) is 2.77. The Balaban J connectivity index is 1.92. The van der Waals surface area contributed by atoms with E-state index in [9.17, 15) is 4.79 Å². The molecule has 0 radical (unpaired) electrons. The highest BCUT2D eigenvalue weighted by atomic mass is 16.6. The molecular formula is C18H33N3O3. The van der Waals surface area contributed by atoms with Crippen LogP contribution in [0.15, 0.2) is 4.99 Å². The highest BCUT2D eigenvalue weighted by Gasteiger charge is 2.29. The summed E-state index contributed by atoms with van der Waals surface area (Å²) in [6.07, 6.45) is 2.54. The van der Waals surface area contributed by atoms with Crippen LogP contribution in [0.2, 0.25) is 0 Å². The van der Waals surface area contributed by atoms with E-state index in [4.69, 9.17) is 9.47 Å². The standard InChI is InChI=1S/C18H33N3O3/c1-5-8-20-9-6-15(7-10-20)24-17(22)19-16(18(2,3)4)21-11-13-23-14-12-21/h15H,5-14H2,1-4H3. The van der Waals surface area contributed by atoms with Gasteiger partial charge in [-0.05, 0) is 25.8 Å². The Bertz CT molecular complexity index is 431. The number of rotatable bonds is 3. The summed E-state index contributed by atoms with van der Waals surface area (Å²) in [6.45, 7) is 14.5. The molecule has 0 aromatic rings. The summed E-state index contributed by atoms with van der Waals surface area (Å²) in [5.41, 5.74) is -0.194. The molecule has 2 fully saturated rings. The predicted molar refractivity (Wildman–Crippen MR) is 95.5 cm³/mol. The van der Waals surface area contributed by atoms with Crippen LogP contribution in [0.5, 0.6) is 0 Å². The minimum absolute atomic E-state index is 0.000244. The molecule has 0 N–H and O–H groups in total. The summed E-state index contributed by atoms with van der Waals surface area (Å²) in [7, 11) is 0. The maximum atomic E-state index is 12.3. The average molecular weight is 339 g/mol. The van der Waals surface area contributed by atoms with Gasteiger partial charge in [0, 0.05) is 31.6 Å². The molecule has 2 rings (SSSR count). The van der Waals surface area contributed by atoms with Crippen molar-refractivity contribution in [3.8, 4) is 0 Å². The monoisotopic (exact) mass is 339 g/mol. The first kappa shape index (κ1) is 19.2. The number of hydrogen-bond acceptors (Lipinski definition) is 4. The van der Waals surface area contributed by atoms with Gasteiger partial charge >= 0.3 is 6.09 Å². The number of likely N-dealkylation sites (tertiary alicyclic amines) is 1. The first-order valence-corrected chi connectivity index (χ1v) is 9.25. The molecule has 0 saturated carbocycles. The molecule has 0 aliphatic carbocycles. The van der Waals surface area contributed by atoms with Crippen LogP contribution in [0, 0.1) is 5.41 Å². The molecule has 6 heteroatoms. The van der Waals surface area contributed by atoms with Gasteiger partial charge in [-0.2, -0.15) is 4.99 Å². The molecule has 2 aliphatic rings. The van der Waals surface area contributed by atoms with Crippen LogP contribution in [-0.4, -0.2) is 73.8 Å². The summed E-state index contributed by atoms with van der Waals surface area (Å²) >= 11 is 0. The number of ether oxygens (including phenoxy) is 2. The quantitative estimate of drug-likeness (QED) is 0.584. The molecule has 2 heterocycles. The Morgan fingerprint density at radius 3 is 2.33 bits per heavy atom. The minimum Gasteiger partial charge on any atom is -0.444 e. The molecule has 1 amide bonds. The van der Waals surface area contributed by atoms with E-state index in [1.165, 1.54) is 6.42 Å². The Kier molecular flexibility index (Phi) is 7.04. The van der Waals surface area contributed by atoms with Gasteiger partial charge in [0.1, 0.15) is 11.9 Å². The van der Waals surface area contributed by atoms with E-state index in [1.54, 1.807) is 0 Å². The molecule has 0 unspecified atom stereocenters. The number of amides is 1. The van der Waals surface area contributed by atoms with Crippen LogP contribution >= 0.6 is 0 Å². The molecule has 0 aromatic heterocycles. The summed E-state index contributed by atoms with van der Waals surface area (Å²) in [4.78, 5) is 21.3. The van der Waals surface area contributed by atoms with E-state index in [0.717, 1.165) is 51.4 Å². The second kappa shape index (κ2) is 8.81. The zero-order valence-corrected chi connectivity index (χ0v) is 15.7. The van der Waals surface area contributed by atoms with Crippen molar-refractivity contribution in [2.24, 2.45) is 10.4 Å². The molecule has 138 valence electrons. The van der Waals surface area contributed by atoms with E-state index >= 15 is 0 Å². The van der Waals surface area contributed by atoms with Gasteiger partial charge in [-0.3, -0.25) is 0 Å². The smallest absolute Gasteiger partial charge is 0.435 e. The van der Waals surface area contributed by atoms with Gasteiger partial charge < -0.3 is 19.3 Å². The molecule has 6 nitrogen and oxygen atoms in total. The second-order valence-corrected chi connectivity index (χ2v) is 7.71. The zero-order chi connectivity index (χ0) is 17.6. The third-order valence-corrected chi connectivity index (χ3v) is 4.52. The highest BCUT2D eigenvalue weighted by Crippen LogP contribution is 2.21.